The number of rotatable bonds is 8. The number of aliphatic hydroxyl groups excluding tert-OH is 2. The second kappa shape index (κ2) is 8.58. The van der Waals surface area contributed by atoms with E-state index in [1.807, 2.05) is 30.3 Å². The van der Waals surface area contributed by atoms with Gasteiger partial charge in [0.25, 0.3) is 0 Å². The maximum Gasteiger partial charge on any atom is 0.305 e. The van der Waals surface area contributed by atoms with Gasteiger partial charge in [-0.3, -0.25) is 4.79 Å². The Morgan fingerprint density at radius 3 is 2.67 bits per heavy atom. The fraction of sp³-hybridized carbons (Fsp3) is 0.611. The van der Waals surface area contributed by atoms with Crippen molar-refractivity contribution >= 4 is 5.97 Å². The molecule has 6 heteroatoms. The monoisotopic (exact) mass is 338 g/mol. The molecule has 0 aliphatic carbocycles. The Hall–Kier alpha value is -1.47. The Kier molecular flexibility index (Phi) is 6.74. The summed E-state index contributed by atoms with van der Waals surface area (Å²) in [7, 11) is 0. The van der Waals surface area contributed by atoms with Crippen molar-refractivity contribution in [1.29, 1.82) is 0 Å². The first-order chi connectivity index (χ1) is 11.4. The van der Waals surface area contributed by atoms with Gasteiger partial charge in [0.1, 0.15) is 24.9 Å². The minimum atomic E-state index is -1.08. The summed E-state index contributed by atoms with van der Waals surface area (Å²) in [4.78, 5) is 11.9. The number of hydrogen-bond donors (Lipinski definition) is 2. The minimum absolute atomic E-state index is 0.00464. The standard InChI is InChI=1S/C18H26O6/c1-18(2)23-15(17(24-18)14(20)11-19)12-22-16(21)10-6-9-13-7-4-3-5-8-13/h3-5,7-8,14-15,17,19-20H,6,9-12H2,1-2H3/t14-,15+,17+/m1/s1. The van der Waals surface area contributed by atoms with Crippen LogP contribution in [0.4, 0.5) is 0 Å². The van der Waals surface area contributed by atoms with E-state index >= 15 is 0 Å². The number of benzene rings is 1. The summed E-state index contributed by atoms with van der Waals surface area (Å²) < 4.78 is 16.4. The highest BCUT2D eigenvalue weighted by molar-refractivity contribution is 5.69. The molecular weight excluding hydrogens is 312 g/mol. The summed E-state index contributed by atoms with van der Waals surface area (Å²) in [5, 5.41) is 18.9. The van der Waals surface area contributed by atoms with Gasteiger partial charge in [-0.25, -0.2) is 0 Å². The van der Waals surface area contributed by atoms with E-state index in [-0.39, 0.29) is 12.6 Å². The third-order valence-corrected chi connectivity index (χ3v) is 3.89. The van der Waals surface area contributed by atoms with Crippen LogP contribution in [0.3, 0.4) is 0 Å². The summed E-state index contributed by atoms with van der Waals surface area (Å²) in [5.41, 5.74) is 1.19. The van der Waals surface area contributed by atoms with Crippen LogP contribution in [-0.2, 0) is 25.4 Å². The smallest absolute Gasteiger partial charge is 0.305 e. The van der Waals surface area contributed by atoms with Crippen molar-refractivity contribution in [3.63, 3.8) is 0 Å². The number of carbonyl (C=O) groups is 1. The summed E-state index contributed by atoms with van der Waals surface area (Å²) in [6.45, 7) is 2.98. The molecule has 1 fully saturated rings. The van der Waals surface area contributed by atoms with Crippen LogP contribution in [0.25, 0.3) is 0 Å². The molecule has 0 aromatic heterocycles. The molecule has 1 aromatic rings. The van der Waals surface area contributed by atoms with Gasteiger partial charge in [-0.05, 0) is 32.3 Å². The maximum atomic E-state index is 11.9. The summed E-state index contributed by atoms with van der Waals surface area (Å²) >= 11 is 0. The molecule has 0 spiro atoms. The van der Waals surface area contributed by atoms with Gasteiger partial charge >= 0.3 is 5.97 Å². The second-order valence-electron chi connectivity index (χ2n) is 6.41. The second-order valence-corrected chi connectivity index (χ2v) is 6.41. The van der Waals surface area contributed by atoms with Crippen molar-refractivity contribution in [2.45, 2.75) is 57.2 Å². The molecule has 3 atom stereocenters. The SMILES string of the molecule is CC1(C)O[C@@H]([C@H](O)CO)[C@H](COC(=O)CCCc2ccccc2)O1. The average molecular weight is 338 g/mol. The Morgan fingerprint density at radius 1 is 1.29 bits per heavy atom. The van der Waals surface area contributed by atoms with Crippen LogP contribution in [-0.4, -0.2) is 53.5 Å². The van der Waals surface area contributed by atoms with E-state index in [9.17, 15) is 9.90 Å². The van der Waals surface area contributed by atoms with E-state index < -0.39 is 30.7 Å². The van der Waals surface area contributed by atoms with Gasteiger partial charge < -0.3 is 24.4 Å². The Balaban J connectivity index is 1.74. The lowest BCUT2D eigenvalue weighted by molar-refractivity contribution is -0.163. The quantitative estimate of drug-likeness (QED) is 0.698. The lowest BCUT2D eigenvalue weighted by Gasteiger charge is -2.20. The normalized spacial score (nSPS) is 23.8. The third-order valence-electron chi connectivity index (χ3n) is 3.89. The minimum Gasteiger partial charge on any atom is -0.463 e. The first-order valence-corrected chi connectivity index (χ1v) is 8.25. The molecule has 0 bridgehead atoms. The van der Waals surface area contributed by atoms with Crippen molar-refractivity contribution in [2.24, 2.45) is 0 Å². The molecular formula is C18H26O6. The fourth-order valence-electron chi connectivity index (χ4n) is 2.75. The molecule has 1 saturated heterocycles. The molecule has 2 N–H and O–H groups in total. The van der Waals surface area contributed by atoms with Crippen LogP contribution < -0.4 is 0 Å². The predicted molar refractivity (Wildman–Crippen MR) is 87.3 cm³/mol. The molecule has 1 aliphatic rings. The molecule has 134 valence electrons. The van der Waals surface area contributed by atoms with E-state index in [1.165, 1.54) is 5.56 Å². The molecule has 1 heterocycles. The number of aliphatic hydroxyl groups is 2. The molecule has 0 unspecified atom stereocenters. The van der Waals surface area contributed by atoms with E-state index in [1.54, 1.807) is 13.8 Å². The molecule has 6 nitrogen and oxygen atoms in total. The largest absolute Gasteiger partial charge is 0.463 e. The number of carbonyl (C=O) groups excluding carboxylic acids is 1. The van der Waals surface area contributed by atoms with E-state index in [0.717, 1.165) is 6.42 Å². The van der Waals surface area contributed by atoms with Crippen molar-refractivity contribution in [3.8, 4) is 0 Å². The zero-order valence-electron chi connectivity index (χ0n) is 14.2. The number of aryl methyl sites for hydroxylation is 1. The van der Waals surface area contributed by atoms with Crippen LogP contribution in [0, 0.1) is 0 Å². The van der Waals surface area contributed by atoms with Gasteiger partial charge in [-0.15, -0.1) is 0 Å². The van der Waals surface area contributed by atoms with Crippen LogP contribution in [0.15, 0.2) is 30.3 Å². The lowest BCUT2D eigenvalue weighted by Crippen LogP contribution is -2.40. The highest BCUT2D eigenvalue weighted by atomic mass is 16.8. The van der Waals surface area contributed by atoms with Crippen LogP contribution in [0.5, 0.6) is 0 Å². The Morgan fingerprint density at radius 2 is 2.00 bits per heavy atom. The highest BCUT2D eigenvalue weighted by Gasteiger charge is 2.45. The molecule has 1 aliphatic heterocycles. The van der Waals surface area contributed by atoms with E-state index in [0.29, 0.717) is 12.8 Å². The van der Waals surface area contributed by atoms with E-state index in [2.05, 4.69) is 0 Å². The molecule has 0 amide bonds. The van der Waals surface area contributed by atoms with Gasteiger partial charge in [0.15, 0.2) is 5.79 Å². The molecule has 1 aromatic carbocycles. The molecule has 24 heavy (non-hydrogen) atoms. The first kappa shape index (κ1) is 18.9. The highest BCUT2D eigenvalue weighted by Crippen LogP contribution is 2.30. The first-order valence-electron chi connectivity index (χ1n) is 8.25. The van der Waals surface area contributed by atoms with Crippen molar-refractivity contribution in [3.05, 3.63) is 35.9 Å². The van der Waals surface area contributed by atoms with Crippen LogP contribution >= 0.6 is 0 Å². The van der Waals surface area contributed by atoms with Crippen LogP contribution in [0.1, 0.15) is 32.3 Å². The van der Waals surface area contributed by atoms with Crippen LogP contribution in [0.2, 0.25) is 0 Å². The summed E-state index contributed by atoms with van der Waals surface area (Å²) in [6, 6.07) is 9.95. The van der Waals surface area contributed by atoms with Crippen molar-refractivity contribution < 1.29 is 29.2 Å². The Labute approximate surface area is 142 Å². The van der Waals surface area contributed by atoms with Gasteiger partial charge in [-0.1, -0.05) is 30.3 Å². The summed E-state index contributed by atoms with van der Waals surface area (Å²) in [5.74, 6) is -1.19. The maximum absolute atomic E-state index is 11.9. The fourth-order valence-corrected chi connectivity index (χ4v) is 2.75. The van der Waals surface area contributed by atoms with Crippen molar-refractivity contribution in [1.82, 2.24) is 0 Å². The number of esters is 1. The van der Waals surface area contributed by atoms with Gasteiger partial charge in [0.2, 0.25) is 0 Å². The molecule has 0 saturated carbocycles. The topological polar surface area (TPSA) is 85.2 Å². The Bertz CT molecular complexity index is 516. The zero-order chi connectivity index (χ0) is 17.6. The molecule has 0 radical (unpaired) electrons. The number of hydrogen-bond acceptors (Lipinski definition) is 6. The van der Waals surface area contributed by atoms with E-state index in [4.69, 9.17) is 19.3 Å². The summed E-state index contributed by atoms with van der Waals surface area (Å²) in [6.07, 6.45) is -0.549. The lowest BCUT2D eigenvalue weighted by atomic mass is 10.1. The van der Waals surface area contributed by atoms with Crippen molar-refractivity contribution in [2.75, 3.05) is 13.2 Å². The van der Waals surface area contributed by atoms with Gasteiger partial charge in [0.05, 0.1) is 6.61 Å². The molecule has 2 rings (SSSR count). The van der Waals surface area contributed by atoms with Gasteiger partial charge in [-0.2, -0.15) is 0 Å². The zero-order valence-corrected chi connectivity index (χ0v) is 14.2. The predicted octanol–water partition coefficient (Wildman–Crippen LogP) is 1.43. The third kappa shape index (κ3) is 5.56. The van der Waals surface area contributed by atoms with Gasteiger partial charge in [0, 0.05) is 6.42 Å². The average Bonchev–Trinajstić information content (AvgIpc) is 2.88. The number of ether oxygens (including phenoxy) is 3.